The quantitative estimate of drug-likeness (QED) is 0.402. The summed E-state index contributed by atoms with van der Waals surface area (Å²) in [4.78, 5) is 6.50. The van der Waals surface area contributed by atoms with Crippen molar-refractivity contribution in [2.75, 3.05) is 25.5 Å². The van der Waals surface area contributed by atoms with Gasteiger partial charge in [-0.1, -0.05) is 19.1 Å². The molecular weight excluding hydrogens is 505 g/mol. The van der Waals surface area contributed by atoms with Gasteiger partial charge >= 0.3 is 6.18 Å². The molecule has 3 heterocycles. The Morgan fingerprint density at radius 3 is 2.67 bits per heavy atom. The lowest BCUT2D eigenvalue weighted by Crippen LogP contribution is -2.55. The molecule has 1 aliphatic carbocycles. The van der Waals surface area contributed by atoms with E-state index in [9.17, 15) is 13.2 Å². The van der Waals surface area contributed by atoms with Crippen LogP contribution in [0.4, 0.5) is 18.9 Å². The fourth-order valence-electron chi connectivity index (χ4n) is 6.39. The molecule has 1 atom stereocenters. The Hall–Kier alpha value is -2.98. The van der Waals surface area contributed by atoms with E-state index in [2.05, 4.69) is 39.2 Å². The predicted octanol–water partition coefficient (Wildman–Crippen LogP) is 5.56. The first-order valence-electron chi connectivity index (χ1n) is 13.5. The predicted molar refractivity (Wildman–Crippen MR) is 143 cm³/mol. The van der Waals surface area contributed by atoms with Gasteiger partial charge in [-0.15, -0.1) is 10.2 Å². The highest BCUT2D eigenvalue weighted by atomic mass is 19.4. The van der Waals surface area contributed by atoms with Gasteiger partial charge in [-0.05, 0) is 74.4 Å². The number of pyridine rings is 1. The summed E-state index contributed by atoms with van der Waals surface area (Å²) in [7, 11) is 3.63. The van der Waals surface area contributed by atoms with E-state index in [1.165, 1.54) is 12.5 Å². The van der Waals surface area contributed by atoms with Gasteiger partial charge in [0, 0.05) is 39.1 Å². The van der Waals surface area contributed by atoms with E-state index in [1.54, 1.807) is 19.6 Å². The molecule has 1 aromatic carbocycles. The molecule has 0 bridgehead atoms. The Morgan fingerprint density at radius 1 is 1.21 bits per heavy atom. The number of hydrogen-bond acceptors (Lipinski definition) is 6. The van der Waals surface area contributed by atoms with Crippen molar-refractivity contribution in [2.45, 2.75) is 69.8 Å². The topological polar surface area (TPSA) is 68.1 Å². The number of piperidine rings is 1. The summed E-state index contributed by atoms with van der Waals surface area (Å²) in [5, 5.41) is 11.7. The highest BCUT2D eigenvalue weighted by Crippen LogP contribution is 2.55. The van der Waals surface area contributed by atoms with Crippen molar-refractivity contribution < 1.29 is 17.9 Å². The maximum atomic E-state index is 14.1. The Morgan fingerprint density at radius 2 is 2.00 bits per heavy atom. The molecule has 210 valence electrons. The molecule has 0 amide bonds. The first kappa shape index (κ1) is 27.6. The van der Waals surface area contributed by atoms with Gasteiger partial charge in [0.1, 0.15) is 12.2 Å². The van der Waals surface area contributed by atoms with Gasteiger partial charge in [0.05, 0.1) is 28.8 Å². The largest absolute Gasteiger partial charge is 0.418 e. The van der Waals surface area contributed by atoms with Crippen LogP contribution in [0.15, 0.2) is 42.9 Å². The number of halogens is 3. The van der Waals surface area contributed by atoms with Gasteiger partial charge in [-0.25, -0.2) is 0 Å². The van der Waals surface area contributed by atoms with Crippen LogP contribution in [0, 0.1) is 5.92 Å². The highest BCUT2D eigenvalue weighted by Gasteiger charge is 2.56. The monoisotopic (exact) mass is 542 g/mol. The van der Waals surface area contributed by atoms with Gasteiger partial charge < -0.3 is 14.6 Å². The second-order valence-electron chi connectivity index (χ2n) is 11.6. The van der Waals surface area contributed by atoms with Crippen molar-refractivity contribution in [3.63, 3.8) is 0 Å². The molecule has 0 spiro atoms. The van der Waals surface area contributed by atoms with Crippen LogP contribution in [0.3, 0.4) is 0 Å². The first-order chi connectivity index (χ1) is 18.5. The van der Waals surface area contributed by atoms with Crippen LogP contribution in [0.5, 0.6) is 0 Å². The number of ether oxygens (including phenoxy) is 1. The van der Waals surface area contributed by atoms with Crippen molar-refractivity contribution in [2.24, 2.45) is 13.0 Å². The summed E-state index contributed by atoms with van der Waals surface area (Å²) in [5.41, 5.74) is 0.973. The Balaban J connectivity index is 1.36. The summed E-state index contributed by atoms with van der Waals surface area (Å²) >= 11 is 0. The van der Waals surface area contributed by atoms with Crippen LogP contribution in [-0.2, 0) is 36.5 Å². The molecule has 1 aliphatic heterocycles. The number of nitrogens with zero attached hydrogens (tertiary/aromatic N) is 5. The van der Waals surface area contributed by atoms with Gasteiger partial charge in [0.25, 0.3) is 0 Å². The van der Waals surface area contributed by atoms with Crippen LogP contribution in [0.1, 0.15) is 67.7 Å². The minimum atomic E-state index is -4.48. The molecule has 1 saturated carbocycles. The minimum Gasteiger partial charge on any atom is -0.379 e. The van der Waals surface area contributed by atoms with Crippen molar-refractivity contribution in [3.05, 3.63) is 71.1 Å². The molecule has 5 rings (SSSR count). The van der Waals surface area contributed by atoms with E-state index in [-0.39, 0.29) is 17.8 Å². The highest BCUT2D eigenvalue weighted by molar-refractivity contribution is 5.51. The molecule has 3 aromatic rings. The summed E-state index contributed by atoms with van der Waals surface area (Å²) in [6.45, 7) is 6.52. The first-order valence-corrected chi connectivity index (χ1v) is 13.5. The number of anilines is 1. The van der Waals surface area contributed by atoms with Crippen molar-refractivity contribution >= 4 is 5.69 Å². The Kier molecular flexibility index (Phi) is 7.45. The van der Waals surface area contributed by atoms with Crippen molar-refractivity contribution in [1.29, 1.82) is 0 Å². The molecule has 2 fully saturated rings. The maximum Gasteiger partial charge on any atom is 0.418 e. The van der Waals surface area contributed by atoms with E-state index in [0.717, 1.165) is 49.4 Å². The standard InChI is InChI=1S/C29H37F3N6O/c1-20-7-6-10-38(15-20)16-21-11-24(29(30,31)32)25(34-13-21)14-33-23-9-5-8-22(12-23)28(17-27(2,18-28)39-4)26-36-35-19-37(26)3/h5,8-9,11-13,19-20,33H,6-7,10,14-18H2,1-4H3/t20-,27?,28?/m0/s1. The van der Waals surface area contributed by atoms with E-state index in [4.69, 9.17) is 4.74 Å². The van der Waals surface area contributed by atoms with Crippen molar-refractivity contribution in [1.82, 2.24) is 24.6 Å². The Bertz CT molecular complexity index is 1300. The number of rotatable bonds is 8. The summed E-state index contributed by atoms with van der Waals surface area (Å²) in [6.07, 6.45) is 2.48. The lowest BCUT2D eigenvalue weighted by molar-refractivity contribution is -0.138. The maximum absolute atomic E-state index is 14.1. The van der Waals surface area contributed by atoms with Crippen LogP contribution in [-0.4, -0.2) is 50.4 Å². The van der Waals surface area contributed by atoms with Crippen LogP contribution in [0.25, 0.3) is 0 Å². The second-order valence-corrected chi connectivity index (χ2v) is 11.6. The van der Waals surface area contributed by atoms with E-state index < -0.39 is 17.2 Å². The zero-order valence-corrected chi connectivity index (χ0v) is 23.1. The normalized spacial score (nSPS) is 25.9. The molecule has 2 aromatic heterocycles. The Labute approximate surface area is 227 Å². The van der Waals surface area contributed by atoms with E-state index in [1.807, 2.05) is 35.9 Å². The number of likely N-dealkylation sites (tertiary alicyclic amines) is 1. The number of aryl methyl sites for hydroxylation is 1. The average Bonchev–Trinajstić information content (AvgIpc) is 3.31. The van der Waals surface area contributed by atoms with Gasteiger partial charge in [-0.3, -0.25) is 9.88 Å². The smallest absolute Gasteiger partial charge is 0.379 e. The molecule has 7 nitrogen and oxygen atoms in total. The van der Waals surface area contributed by atoms with Crippen molar-refractivity contribution in [3.8, 4) is 0 Å². The van der Waals surface area contributed by atoms with Gasteiger partial charge in [0.15, 0.2) is 0 Å². The van der Waals surface area contributed by atoms with Crippen LogP contribution >= 0.6 is 0 Å². The molecule has 1 N–H and O–H groups in total. The zero-order valence-electron chi connectivity index (χ0n) is 23.1. The number of hydrogen-bond donors (Lipinski definition) is 1. The molecule has 39 heavy (non-hydrogen) atoms. The zero-order chi connectivity index (χ0) is 27.8. The van der Waals surface area contributed by atoms with Gasteiger partial charge in [-0.2, -0.15) is 13.2 Å². The van der Waals surface area contributed by atoms with Gasteiger partial charge in [0.2, 0.25) is 0 Å². The molecule has 1 saturated heterocycles. The summed E-state index contributed by atoms with van der Waals surface area (Å²) in [6, 6.07) is 9.07. The lowest BCUT2D eigenvalue weighted by atomic mass is 9.56. The third-order valence-electron chi connectivity index (χ3n) is 8.34. The fourth-order valence-corrected chi connectivity index (χ4v) is 6.39. The fraction of sp³-hybridized carbons (Fsp3) is 0.552. The summed E-state index contributed by atoms with van der Waals surface area (Å²) in [5.74, 6) is 1.40. The molecule has 2 aliphatic rings. The average molecular weight is 543 g/mol. The minimum absolute atomic E-state index is 0.0118. The lowest BCUT2D eigenvalue weighted by Gasteiger charge is -2.53. The number of alkyl halides is 3. The van der Waals surface area contributed by atoms with Crippen LogP contribution < -0.4 is 5.32 Å². The third-order valence-corrected chi connectivity index (χ3v) is 8.34. The number of benzene rings is 1. The number of aromatic nitrogens is 4. The second kappa shape index (κ2) is 10.5. The molecule has 0 radical (unpaired) electrons. The number of methoxy groups -OCH3 is 1. The third kappa shape index (κ3) is 5.68. The summed E-state index contributed by atoms with van der Waals surface area (Å²) < 4.78 is 49.8. The SMILES string of the molecule is COC1(C)CC(c2cccc(NCc3ncc(CN4CCC[C@H](C)C4)cc3C(F)(F)F)c2)(c2nncn2C)C1. The van der Waals surface area contributed by atoms with Crippen LogP contribution in [0.2, 0.25) is 0 Å². The molecule has 10 heteroatoms. The molecular formula is C29H37F3N6O. The molecule has 0 unspecified atom stereocenters. The van der Waals surface area contributed by atoms with E-state index in [0.29, 0.717) is 18.0 Å². The number of nitrogens with one attached hydrogen (secondary N) is 1. The van der Waals surface area contributed by atoms with E-state index >= 15 is 0 Å².